The number of nitrogens with one attached hydrogen (secondary N) is 2. The maximum Gasteiger partial charge on any atom is 0.0659 e. The van der Waals surface area contributed by atoms with Crippen LogP contribution in [0.3, 0.4) is 0 Å². The van der Waals surface area contributed by atoms with E-state index in [-0.39, 0.29) is 25.8 Å². The van der Waals surface area contributed by atoms with Crippen LogP contribution in [0.15, 0.2) is 48.5 Å². The summed E-state index contributed by atoms with van der Waals surface area (Å²) in [4.78, 5) is 16.0. The summed E-state index contributed by atoms with van der Waals surface area (Å²) in [5, 5.41) is 0. The molecule has 0 aromatic carbocycles. The topological polar surface area (TPSA) is 57.4 Å². The van der Waals surface area contributed by atoms with Crippen LogP contribution in [0, 0.1) is 0 Å². The van der Waals surface area contributed by atoms with Crippen LogP contribution in [0.2, 0.25) is 0 Å². The van der Waals surface area contributed by atoms with Crippen molar-refractivity contribution >= 4 is 46.4 Å². The Morgan fingerprint density at radius 2 is 0.840 bits per heavy atom. The van der Waals surface area contributed by atoms with E-state index in [1.54, 1.807) is 0 Å². The molecule has 5 heterocycles. The zero-order chi connectivity index (χ0) is 15.9. The van der Waals surface area contributed by atoms with Crippen molar-refractivity contribution < 1.29 is 25.8 Å². The van der Waals surface area contributed by atoms with Crippen LogP contribution in [0.25, 0.3) is 46.4 Å². The van der Waals surface area contributed by atoms with Gasteiger partial charge in [-0.25, -0.2) is 9.97 Å². The largest absolute Gasteiger partial charge is 0.355 e. The van der Waals surface area contributed by atoms with Crippen molar-refractivity contribution in [3.05, 3.63) is 71.3 Å². The van der Waals surface area contributed by atoms with Crippen LogP contribution < -0.4 is 0 Å². The van der Waals surface area contributed by atoms with E-state index in [4.69, 9.17) is 0 Å². The summed E-state index contributed by atoms with van der Waals surface area (Å²) < 4.78 is 0. The number of hydrogen-bond acceptors (Lipinski definition) is 2. The molecule has 2 aliphatic rings. The summed E-state index contributed by atoms with van der Waals surface area (Å²) in [7, 11) is 0. The zero-order valence-corrected chi connectivity index (χ0v) is 15.2. The molecule has 0 atom stereocenters. The van der Waals surface area contributed by atoms with E-state index in [0.717, 1.165) is 44.8 Å². The van der Waals surface area contributed by atoms with Gasteiger partial charge in [-0.05, 0) is 72.8 Å². The molecule has 8 bridgehead atoms. The molecular weight excluding hydrogens is 341 g/mol. The quantitative estimate of drug-likeness (QED) is 0.425. The van der Waals surface area contributed by atoms with Crippen molar-refractivity contribution in [1.82, 2.24) is 19.9 Å². The van der Waals surface area contributed by atoms with Gasteiger partial charge >= 0.3 is 0 Å². The van der Waals surface area contributed by atoms with Gasteiger partial charge in [0.05, 0.1) is 22.8 Å². The van der Waals surface area contributed by atoms with Gasteiger partial charge in [-0.1, -0.05) is 0 Å². The first-order chi connectivity index (χ1) is 11.8. The van der Waals surface area contributed by atoms with E-state index in [9.17, 15) is 0 Å². The average Bonchev–Trinajstić information content (AvgIpc) is 3.32. The molecule has 0 spiro atoms. The molecule has 1 radical (unpaired) electrons. The molecule has 3 aromatic rings. The van der Waals surface area contributed by atoms with E-state index in [0.29, 0.717) is 0 Å². The predicted molar refractivity (Wildman–Crippen MR) is 98.9 cm³/mol. The monoisotopic (exact) mass is 355 g/mol. The van der Waals surface area contributed by atoms with Crippen molar-refractivity contribution in [2.24, 2.45) is 0 Å². The van der Waals surface area contributed by atoms with Gasteiger partial charge in [0, 0.05) is 47.9 Å². The van der Waals surface area contributed by atoms with Gasteiger partial charge in [-0.2, -0.15) is 0 Å². The molecule has 5 rings (SSSR count). The van der Waals surface area contributed by atoms with Crippen molar-refractivity contribution in [2.45, 2.75) is 0 Å². The summed E-state index contributed by atoms with van der Waals surface area (Å²) in [6.07, 6.45) is 8.05. The molecule has 3 aromatic heterocycles. The van der Waals surface area contributed by atoms with E-state index in [2.05, 4.69) is 50.3 Å². The molecule has 25 heavy (non-hydrogen) atoms. The minimum Gasteiger partial charge on any atom is -0.355 e. The van der Waals surface area contributed by atoms with Gasteiger partial charge in [0.15, 0.2) is 0 Å². The maximum absolute atomic E-state index is 4.62. The normalized spacial score (nSPS) is 12.2. The molecular formula is C20H14N4Sc. The third kappa shape index (κ3) is 3.33. The Balaban J connectivity index is 0.00000157. The summed E-state index contributed by atoms with van der Waals surface area (Å²) in [6, 6.07) is 16.4. The van der Waals surface area contributed by atoms with Crippen LogP contribution in [0.4, 0.5) is 0 Å². The smallest absolute Gasteiger partial charge is 0.0659 e. The molecule has 5 heteroatoms. The van der Waals surface area contributed by atoms with Crippen molar-refractivity contribution in [3.63, 3.8) is 0 Å². The first kappa shape index (κ1) is 16.0. The van der Waals surface area contributed by atoms with Crippen LogP contribution in [-0.4, -0.2) is 19.9 Å². The number of aromatic nitrogens is 4. The van der Waals surface area contributed by atoms with E-state index in [1.807, 2.05) is 42.5 Å². The zero-order valence-electron chi connectivity index (χ0n) is 13.4. The Labute approximate surface area is 163 Å². The van der Waals surface area contributed by atoms with Crippen molar-refractivity contribution in [3.8, 4) is 0 Å². The van der Waals surface area contributed by atoms with E-state index >= 15 is 0 Å². The fourth-order valence-electron chi connectivity index (χ4n) is 2.94. The number of rotatable bonds is 0. The number of nitrogens with zero attached hydrogens (tertiary/aromatic N) is 2. The average molecular weight is 355 g/mol. The SMILES string of the molecule is C1=Cc2cc3ccc(cc4ccc(cc5nc(cc1n2)C=C5)[nH]4)[nH]3.[Sc]. The molecule has 0 unspecified atom stereocenters. The first-order valence-electron chi connectivity index (χ1n) is 7.85. The predicted octanol–water partition coefficient (Wildman–Crippen LogP) is 4.65. The number of aromatic amines is 2. The second-order valence-electron chi connectivity index (χ2n) is 5.91. The second kappa shape index (κ2) is 6.41. The minimum atomic E-state index is 0. The number of H-pyrrole nitrogens is 2. The Morgan fingerprint density at radius 1 is 0.480 bits per heavy atom. The maximum atomic E-state index is 4.62. The molecule has 117 valence electrons. The van der Waals surface area contributed by atoms with Gasteiger partial charge < -0.3 is 9.97 Å². The fourth-order valence-corrected chi connectivity index (χ4v) is 2.94. The van der Waals surface area contributed by atoms with Gasteiger partial charge in [-0.15, -0.1) is 0 Å². The fraction of sp³-hybridized carbons (Fsp3) is 0. The third-order valence-electron chi connectivity index (χ3n) is 4.04. The van der Waals surface area contributed by atoms with E-state index in [1.165, 1.54) is 0 Å². The number of hydrogen-bond donors (Lipinski definition) is 2. The molecule has 0 amide bonds. The molecule has 0 saturated heterocycles. The molecule has 0 saturated carbocycles. The van der Waals surface area contributed by atoms with Gasteiger partial charge in [-0.3, -0.25) is 0 Å². The summed E-state index contributed by atoms with van der Waals surface area (Å²) in [5.74, 6) is 0. The Bertz CT molecular complexity index is 1080. The van der Waals surface area contributed by atoms with Crippen molar-refractivity contribution in [1.29, 1.82) is 0 Å². The van der Waals surface area contributed by atoms with E-state index < -0.39 is 0 Å². The Morgan fingerprint density at radius 3 is 1.28 bits per heavy atom. The van der Waals surface area contributed by atoms with Gasteiger partial charge in [0.25, 0.3) is 0 Å². The third-order valence-corrected chi connectivity index (χ3v) is 4.04. The standard InChI is InChI=1S/C20H14N4.Sc/c1-2-14-10-16-5-6-18(23-16)12-20-8-7-19(24-20)11-17-4-3-15(22-17)9-13(1)21-14;/h1-12,21-22H;. The van der Waals surface area contributed by atoms with Crippen LogP contribution in [0.5, 0.6) is 0 Å². The molecule has 2 aliphatic heterocycles. The van der Waals surface area contributed by atoms with Crippen LogP contribution in [0.1, 0.15) is 22.8 Å². The summed E-state index contributed by atoms with van der Waals surface area (Å²) in [6.45, 7) is 0. The number of fused-ring (bicyclic) bond motifs is 8. The summed E-state index contributed by atoms with van der Waals surface area (Å²) >= 11 is 0. The van der Waals surface area contributed by atoms with Crippen LogP contribution >= 0.6 is 0 Å². The second-order valence-corrected chi connectivity index (χ2v) is 5.91. The molecule has 0 fully saturated rings. The van der Waals surface area contributed by atoms with Gasteiger partial charge in [0.1, 0.15) is 0 Å². The first-order valence-corrected chi connectivity index (χ1v) is 7.85. The minimum absolute atomic E-state index is 0. The van der Waals surface area contributed by atoms with Crippen LogP contribution in [-0.2, 0) is 25.8 Å². The molecule has 2 N–H and O–H groups in total. The van der Waals surface area contributed by atoms with Crippen molar-refractivity contribution in [2.75, 3.05) is 0 Å². The molecule has 0 aliphatic carbocycles. The summed E-state index contributed by atoms with van der Waals surface area (Å²) in [5.41, 5.74) is 7.86. The van der Waals surface area contributed by atoms with Gasteiger partial charge in [0.2, 0.25) is 0 Å². The Kier molecular flexibility index (Phi) is 4.09. The Hall–Kier alpha value is -2.53. The molecule has 4 nitrogen and oxygen atoms in total.